The quantitative estimate of drug-likeness (QED) is 0.795. The second-order valence-corrected chi connectivity index (χ2v) is 9.49. The first-order chi connectivity index (χ1) is 13.3. The van der Waals surface area contributed by atoms with E-state index in [2.05, 4.69) is 22.5 Å². The maximum Gasteiger partial charge on any atom is 0.403 e. The number of alkyl halides is 3. The van der Waals surface area contributed by atoms with E-state index in [9.17, 15) is 18.0 Å². The Labute approximate surface area is 167 Å². The predicted molar refractivity (Wildman–Crippen MR) is 104 cm³/mol. The minimum Gasteiger partial charge on any atom is -0.347 e. The van der Waals surface area contributed by atoms with E-state index in [1.54, 1.807) is 12.1 Å². The van der Waals surface area contributed by atoms with Crippen LogP contribution in [0, 0.1) is 5.92 Å². The number of rotatable bonds is 4. The van der Waals surface area contributed by atoms with Crippen LogP contribution >= 0.6 is 11.8 Å². The SMILES string of the molecule is C[C@H]1[C@H](NC(=O)c2ccc(SC3CNC(C(F)(F)F)C3)cc2)C2CCN1CC2. The number of thioether (sulfide) groups is 1. The van der Waals surface area contributed by atoms with Crippen LogP contribution in [0.4, 0.5) is 13.2 Å². The zero-order valence-electron chi connectivity index (χ0n) is 15.8. The van der Waals surface area contributed by atoms with Crippen molar-refractivity contribution in [1.29, 1.82) is 0 Å². The van der Waals surface area contributed by atoms with E-state index in [0.29, 0.717) is 24.1 Å². The molecule has 4 nitrogen and oxygen atoms in total. The first-order valence-corrected chi connectivity index (χ1v) is 10.8. The van der Waals surface area contributed by atoms with Crippen molar-refractivity contribution < 1.29 is 18.0 Å². The highest BCUT2D eigenvalue weighted by atomic mass is 32.2. The fraction of sp³-hybridized carbons (Fsp3) is 0.650. The molecule has 5 rings (SSSR count). The summed E-state index contributed by atoms with van der Waals surface area (Å²) in [5.74, 6) is 0.483. The molecule has 0 aliphatic carbocycles. The highest BCUT2D eigenvalue weighted by Crippen LogP contribution is 2.35. The Morgan fingerprint density at radius 3 is 2.46 bits per heavy atom. The lowest BCUT2D eigenvalue weighted by Crippen LogP contribution is -2.62. The monoisotopic (exact) mass is 413 g/mol. The average molecular weight is 414 g/mol. The van der Waals surface area contributed by atoms with Crippen LogP contribution in [0.3, 0.4) is 0 Å². The molecule has 0 aromatic heterocycles. The summed E-state index contributed by atoms with van der Waals surface area (Å²) >= 11 is 1.44. The molecule has 0 radical (unpaired) electrons. The number of benzene rings is 1. The first-order valence-electron chi connectivity index (χ1n) is 9.93. The molecule has 0 saturated carbocycles. The number of carbonyl (C=O) groups excluding carboxylic acids is 1. The number of amides is 1. The van der Waals surface area contributed by atoms with Gasteiger partial charge in [0.2, 0.25) is 0 Å². The molecule has 28 heavy (non-hydrogen) atoms. The number of hydrogen-bond acceptors (Lipinski definition) is 4. The summed E-state index contributed by atoms with van der Waals surface area (Å²) in [5, 5.41) is 5.64. The Morgan fingerprint density at radius 2 is 1.89 bits per heavy atom. The number of hydrogen-bond donors (Lipinski definition) is 2. The molecule has 4 heterocycles. The molecule has 4 atom stereocenters. The molecule has 1 amide bonds. The van der Waals surface area contributed by atoms with Gasteiger partial charge in [-0.15, -0.1) is 11.8 Å². The Balaban J connectivity index is 1.33. The van der Waals surface area contributed by atoms with Gasteiger partial charge in [-0.2, -0.15) is 13.2 Å². The summed E-state index contributed by atoms with van der Waals surface area (Å²) in [6, 6.07) is 6.34. The molecule has 1 aromatic carbocycles. The van der Waals surface area contributed by atoms with Crippen molar-refractivity contribution in [3.05, 3.63) is 29.8 Å². The Morgan fingerprint density at radius 1 is 1.21 bits per heavy atom. The molecule has 0 spiro atoms. The van der Waals surface area contributed by atoms with Crippen LogP contribution < -0.4 is 10.6 Å². The van der Waals surface area contributed by atoms with E-state index in [1.807, 2.05) is 12.1 Å². The Hall–Kier alpha value is -1.25. The Bertz CT molecular complexity index is 702. The summed E-state index contributed by atoms with van der Waals surface area (Å²) in [6.45, 7) is 4.76. The van der Waals surface area contributed by atoms with Gasteiger partial charge in [0.05, 0.1) is 0 Å². The summed E-state index contributed by atoms with van der Waals surface area (Å²) in [7, 11) is 0. The van der Waals surface area contributed by atoms with Gasteiger partial charge in [-0.1, -0.05) is 0 Å². The fourth-order valence-corrected chi connectivity index (χ4v) is 5.85. The third-order valence-corrected chi connectivity index (χ3v) is 7.62. The predicted octanol–water partition coefficient (Wildman–Crippen LogP) is 3.28. The zero-order valence-corrected chi connectivity index (χ0v) is 16.7. The fourth-order valence-electron chi connectivity index (χ4n) is 4.70. The van der Waals surface area contributed by atoms with Gasteiger partial charge in [0, 0.05) is 34.3 Å². The van der Waals surface area contributed by atoms with Crippen molar-refractivity contribution in [2.75, 3.05) is 19.6 Å². The molecular formula is C20H26F3N3OS. The van der Waals surface area contributed by atoms with E-state index in [0.717, 1.165) is 30.8 Å². The van der Waals surface area contributed by atoms with Crippen molar-refractivity contribution in [3.8, 4) is 0 Å². The lowest BCUT2D eigenvalue weighted by atomic mass is 9.79. The molecule has 154 valence electrons. The van der Waals surface area contributed by atoms with Gasteiger partial charge in [-0.25, -0.2) is 0 Å². The van der Waals surface area contributed by atoms with E-state index < -0.39 is 12.2 Å². The second kappa shape index (κ2) is 7.88. The maximum atomic E-state index is 12.8. The van der Waals surface area contributed by atoms with Crippen LogP contribution in [0.2, 0.25) is 0 Å². The summed E-state index contributed by atoms with van der Waals surface area (Å²) in [5.41, 5.74) is 0.603. The summed E-state index contributed by atoms with van der Waals surface area (Å²) in [6.07, 6.45) is -1.84. The van der Waals surface area contributed by atoms with Crippen LogP contribution in [-0.4, -0.2) is 60.0 Å². The van der Waals surface area contributed by atoms with E-state index in [4.69, 9.17) is 0 Å². The largest absolute Gasteiger partial charge is 0.403 e. The second-order valence-electron chi connectivity index (χ2n) is 8.12. The smallest absolute Gasteiger partial charge is 0.347 e. The molecule has 2 N–H and O–H groups in total. The molecule has 4 saturated heterocycles. The number of halogens is 3. The minimum absolute atomic E-state index is 0.0678. The molecule has 2 unspecified atom stereocenters. The molecule has 1 aromatic rings. The van der Waals surface area contributed by atoms with Gasteiger partial charge in [0.1, 0.15) is 6.04 Å². The zero-order chi connectivity index (χ0) is 19.9. The van der Waals surface area contributed by atoms with Crippen LogP contribution in [0.5, 0.6) is 0 Å². The number of fused-ring (bicyclic) bond motifs is 3. The van der Waals surface area contributed by atoms with Gasteiger partial charge in [0.15, 0.2) is 0 Å². The number of nitrogens with one attached hydrogen (secondary N) is 2. The lowest BCUT2D eigenvalue weighted by Gasteiger charge is -2.49. The lowest BCUT2D eigenvalue weighted by molar-refractivity contribution is -0.151. The van der Waals surface area contributed by atoms with Crippen LogP contribution in [0.15, 0.2) is 29.2 Å². The van der Waals surface area contributed by atoms with E-state index in [-0.39, 0.29) is 23.6 Å². The molecule has 4 fully saturated rings. The van der Waals surface area contributed by atoms with E-state index >= 15 is 0 Å². The van der Waals surface area contributed by atoms with Crippen molar-refractivity contribution >= 4 is 17.7 Å². The highest BCUT2D eigenvalue weighted by molar-refractivity contribution is 8.00. The summed E-state index contributed by atoms with van der Waals surface area (Å²) in [4.78, 5) is 16.0. The highest BCUT2D eigenvalue weighted by Gasteiger charge is 2.44. The summed E-state index contributed by atoms with van der Waals surface area (Å²) < 4.78 is 38.3. The number of piperidine rings is 3. The van der Waals surface area contributed by atoms with Crippen molar-refractivity contribution in [2.24, 2.45) is 5.92 Å². The van der Waals surface area contributed by atoms with Crippen molar-refractivity contribution in [2.45, 2.75) is 60.6 Å². The molecule has 4 aliphatic heterocycles. The molecule has 8 heteroatoms. The topological polar surface area (TPSA) is 44.4 Å². The van der Waals surface area contributed by atoms with Crippen LogP contribution in [0.1, 0.15) is 36.5 Å². The average Bonchev–Trinajstić information content (AvgIpc) is 3.14. The van der Waals surface area contributed by atoms with E-state index in [1.165, 1.54) is 11.8 Å². The van der Waals surface area contributed by atoms with Gasteiger partial charge in [-0.05, 0) is 69.5 Å². The molecule has 4 aliphatic rings. The normalized spacial score (nSPS) is 35.1. The number of carbonyl (C=O) groups is 1. The minimum atomic E-state index is -4.19. The third kappa shape index (κ3) is 4.19. The standard InChI is InChI=1S/C20H26F3N3OS/c1-12-18(13-6-8-26(12)9-7-13)25-19(27)14-2-4-15(5-3-14)28-16-10-17(24-11-16)20(21,22)23/h2-5,12-13,16-18,24H,6-11H2,1H3,(H,25,27)/t12-,16?,17?,18-/m0/s1. The van der Waals surface area contributed by atoms with Gasteiger partial charge < -0.3 is 10.6 Å². The third-order valence-electron chi connectivity index (χ3n) is 6.38. The maximum absolute atomic E-state index is 12.8. The molecular weight excluding hydrogens is 387 g/mol. The number of nitrogens with zero attached hydrogens (tertiary/aromatic N) is 1. The van der Waals surface area contributed by atoms with Crippen LogP contribution in [-0.2, 0) is 0 Å². The van der Waals surface area contributed by atoms with Gasteiger partial charge in [0.25, 0.3) is 5.91 Å². The molecule has 2 bridgehead atoms. The van der Waals surface area contributed by atoms with Gasteiger partial charge >= 0.3 is 6.18 Å². The van der Waals surface area contributed by atoms with Crippen LogP contribution in [0.25, 0.3) is 0 Å². The van der Waals surface area contributed by atoms with Crippen molar-refractivity contribution in [1.82, 2.24) is 15.5 Å². The first kappa shape index (κ1) is 20.0. The Kier molecular flexibility index (Phi) is 5.64. The van der Waals surface area contributed by atoms with Gasteiger partial charge in [-0.3, -0.25) is 9.69 Å². The van der Waals surface area contributed by atoms with Crippen molar-refractivity contribution in [3.63, 3.8) is 0 Å².